The van der Waals surface area contributed by atoms with Gasteiger partial charge in [-0.2, -0.15) is 0 Å². The molecule has 1 aromatic rings. The molecule has 0 aromatic heterocycles. The lowest BCUT2D eigenvalue weighted by Gasteiger charge is -2.10. The van der Waals surface area contributed by atoms with Gasteiger partial charge in [0.15, 0.2) is 5.71 Å². The van der Waals surface area contributed by atoms with Crippen molar-refractivity contribution in [3.63, 3.8) is 0 Å². The Hall–Kier alpha value is -2.63. The quantitative estimate of drug-likeness (QED) is 0.435. The molecule has 0 aliphatic carbocycles. The van der Waals surface area contributed by atoms with Gasteiger partial charge >= 0.3 is 5.97 Å². The van der Waals surface area contributed by atoms with E-state index in [9.17, 15) is 4.79 Å². The molecule has 0 aliphatic heterocycles. The highest BCUT2D eigenvalue weighted by Crippen LogP contribution is 2.14. The standard InChI is InChI=1S/C18H24N2O4/c1-12(2)13(3)14(4)19-24-11-15-9-7-8-10-16(15)17(20-23-6)18(21)22-5/h7-10H,11H2,1-6H3/b19-14+,20-17+. The summed E-state index contributed by atoms with van der Waals surface area (Å²) in [7, 11) is 2.67. The monoisotopic (exact) mass is 332 g/mol. The molecule has 6 nitrogen and oxygen atoms in total. The molecule has 0 amide bonds. The third-order valence-corrected chi connectivity index (χ3v) is 3.55. The highest BCUT2D eigenvalue weighted by atomic mass is 16.6. The lowest BCUT2D eigenvalue weighted by atomic mass is 10.0. The molecular weight excluding hydrogens is 308 g/mol. The summed E-state index contributed by atoms with van der Waals surface area (Å²) < 4.78 is 4.75. The average Bonchev–Trinajstić information content (AvgIpc) is 2.58. The van der Waals surface area contributed by atoms with Crippen molar-refractivity contribution >= 4 is 17.4 Å². The van der Waals surface area contributed by atoms with Crippen molar-refractivity contribution in [3.8, 4) is 0 Å². The number of allylic oxidation sites excluding steroid dienone is 2. The first-order valence-corrected chi connectivity index (χ1v) is 7.51. The predicted molar refractivity (Wildman–Crippen MR) is 94.0 cm³/mol. The molecule has 0 saturated heterocycles. The summed E-state index contributed by atoms with van der Waals surface area (Å²) in [6.07, 6.45) is 0. The van der Waals surface area contributed by atoms with Gasteiger partial charge in [-0.3, -0.25) is 0 Å². The number of benzene rings is 1. The van der Waals surface area contributed by atoms with Crippen LogP contribution in [0, 0.1) is 0 Å². The normalized spacial score (nSPS) is 11.8. The van der Waals surface area contributed by atoms with E-state index in [4.69, 9.17) is 14.4 Å². The maximum atomic E-state index is 11.9. The van der Waals surface area contributed by atoms with Crippen LogP contribution in [0.4, 0.5) is 0 Å². The molecule has 24 heavy (non-hydrogen) atoms. The second-order valence-corrected chi connectivity index (χ2v) is 5.35. The predicted octanol–water partition coefficient (Wildman–Crippen LogP) is 3.46. The number of methoxy groups -OCH3 is 1. The largest absolute Gasteiger partial charge is 0.464 e. The molecule has 0 unspecified atom stereocenters. The van der Waals surface area contributed by atoms with Gasteiger partial charge < -0.3 is 14.4 Å². The van der Waals surface area contributed by atoms with E-state index in [1.807, 2.05) is 39.8 Å². The molecule has 0 fully saturated rings. The van der Waals surface area contributed by atoms with Crippen molar-refractivity contribution < 1.29 is 19.2 Å². The van der Waals surface area contributed by atoms with Crippen LogP contribution >= 0.6 is 0 Å². The van der Waals surface area contributed by atoms with E-state index in [0.717, 1.165) is 16.8 Å². The van der Waals surface area contributed by atoms with Crippen LogP contribution in [0.15, 0.2) is 45.7 Å². The molecule has 0 atom stereocenters. The number of oxime groups is 2. The van der Waals surface area contributed by atoms with Gasteiger partial charge in [0.1, 0.15) is 13.7 Å². The fourth-order valence-electron chi connectivity index (χ4n) is 1.89. The fourth-order valence-corrected chi connectivity index (χ4v) is 1.89. The summed E-state index contributed by atoms with van der Waals surface area (Å²) in [6.45, 7) is 8.12. The van der Waals surface area contributed by atoms with Gasteiger partial charge in [0.05, 0.1) is 12.8 Å². The third kappa shape index (κ3) is 5.22. The van der Waals surface area contributed by atoms with Crippen molar-refractivity contribution in [1.82, 2.24) is 0 Å². The topological polar surface area (TPSA) is 69.5 Å². The van der Waals surface area contributed by atoms with Crippen LogP contribution in [0.3, 0.4) is 0 Å². The number of hydrogen-bond acceptors (Lipinski definition) is 6. The van der Waals surface area contributed by atoms with Crippen LogP contribution in [0.1, 0.15) is 38.8 Å². The Labute approximate surface area is 142 Å². The fraction of sp³-hybridized carbons (Fsp3) is 0.389. The lowest BCUT2D eigenvalue weighted by molar-refractivity contribution is -0.132. The van der Waals surface area contributed by atoms with Gasteiger partial charge in [-0.15, -0.1) is 0 Å². The summed E-state index contributed by atoms with van der Waals surface area (Å²) in [6, 6.07) is 7.24. The van der Waals surface area contributed by atoms with E-state index in [1.54, 1.807) is 12.1 Å². The maximum absolute atomic E-state index is 11.9. The zero-order valence-corrected chi connectivity index (χ0v) is 15.0. The number of esters is 1. The molecule has 0 heterocycles. The maximum Gasteiger partial charge on any atom is 0.360 e. The number of carbonyl (C=O) groups excluding carboxylic acids is 1. The number of carbonyl (C=O) groups is 1. The van der Waals surface area contributed by atoms with E-state index >= 15 is 0 Å². The second kappa shape index (κ2) is 9.50. The summed E-state index contributed by atoms with van der Waals surface area (Å²) in [5.74, 6) is -0.579. The van der Waals surface area contributed by atoms with Crippen LogP contribution in [0.5, 0.6) is 0 Å². The minimum atomic E-state index is -0.579. The van der Waals surface area contributed by atoms with Crippen LogP contribution < -0.4 is 0 Å². The van der Waals surface area contributed by atoms with Crippen molar-refractivity contribution in [1.29, 1.82) is 0 Å². The van der Waals surface area contributed by atoms with Crippen LogP contribution in [0.25, 0.3) is 0 Å². The molecule has 0 bridgehead atoms. The Balaban J connectivity index is 3.03. The Morgan fingerprint density at radius 1 is 1.04 bits per heavy atom. The molecule has 0 radical (unpaired) electrons. The molecule has 6 heteroatoms. The smallest absolute Gasteiger partial charge is 0.360 e. The molecule has 130 valence electrons. The highest BCUT2D eigenvalue weighted by molar-refractivity contribution is 6.43. The molecule has 1 aromatic carbocycles. The number of hydrogen-bond donors (Lipinski definition) is 0. The molecule has 0 spiro atoms. The first kappa shape index (κ1) is 19.4. The molecule has 1 rings (SSSR count). The second-order valence-electron chi connectivity index (χ2n) is 5.35. The van der Waals surface area contributed by atoms with E-state index in [-0.39, 0.29) is 12.3 Å². The summed E-state index contributed by atoms with van der Waals surface area (Å²) in [5.41, 5.74) is 4.50. The molecule has 0 saturated carbocycles. The van der Waals surface area contributed by atoms with Crippen molar-refractivity contribution in [2.45, 2.75) is 34.3 Å². The Morgan fingerprint density at radius 3 is 2.29 bits per heavy atom. The summed E-state index contributed by atoms with van der Waals surface area (Å²) >= 11 is 0. The molecule has 0 aliphatic rings. The van der Waals surface area contributed by atoms with Crippen molar-refractivity contribution in [3.05, 3.63) is 46.5 Å². The molecule has 0 N–H and O–H groups in total. The highest BCUT2D eigenvalue weighted by Gasteiger charge is 2.19. The third-order valence-electron chi connectivity index (χ3n) is 3.55. The van der Waals surface area contributed by atoms with Crippen LogP contribution in [-0.4, -0.2) is 31.6 Å². The minimum Gasteiger partial charge on any atom is -0.464 e. The first-order chi connectivity index (χ1) is 11.4. The van der Waals surface area contributed by atoms with Crippen molar-refractivity contribution in [2.75, 3.05) is 14.2 Å². The number of ether oxygens (including phenoxy) is 1. The summed E-state index contributed by atoms with van der Waals surface area (Å²) in [4.78, 5) is 22.1. The van der Waals surface area contributed by atoms with E-state index in [2.05, 4.69) is 10.3 Å². The van der Waals surface area contributed by atoms with E-state index in [1.165, 1.54) is 19.8 Å². The van der Waals surface area contributed by atoms with Gasteiger partial charge in [0.2, 0.25) is 0 Å². The Kier molecular flexibility index (Phi) is 7.68. The first-order valence-electron chi connectivity index (χ1n) is 7.51. The zero-order chi connectivity index (χ0) is 18.1. The summed E-state index contributed by atoms with van der Waals surface area (Å²) in [5, 5.41) is 7.89. The average molecular weight is 332 g/mol. The lowest BCUT2D eigenvalue weighted by Crippen LogP contribution is -2.19. The van der Waals surface area contributed by atoms with E-state index < -0.39 is 5.97 Å². The van der Waals surface area contributed by atoms with Gasteiger partial charge in [-0.25, -0.2) is 4.79 Å². The van der Waals surface area contributed by atoms with Crippen LogP contribution in [-0.2, 0) is 25.8 Å². The number of rotatable bonds is 7. The Morgan fingerprint density at radius 2 is 1.71 bits per heavy atom. The van der Waals surface area contributed by atoms with Gasteiger partial charge in [0, 0.05) is 11.1 Å². The van der Waals surface area contributed by atoms with Gasteiger partial charge in [0.25, 0.3) is 0 Å². The van der Waals surface area contributed by atoms with E-state index in [0.29, 0.717) is 5.56 Å². The SMILES string of the molecule is CO/N=C(/C(=O)OC)c1ccccc1CO/N=C(\C)C(C)=C(C)C. The van der Waals surface area contributed by atoms with Crippen molar-refractivity contribution in [2.24, 2.45) is 10.3 Å². The van der Waals surface area contributed by atoms with Gasteiger partial charge in [-0.1, -0.05) is 40.1 Å². The van der Waals surface area contributed by atoms with Crippen LogP contribution in [0.2, 0.25) is 0 Å². The minimum absolute atomic E-state index is 0.0837. The molecular formula is C18H24N2O4. The Bertz CT molecular complexity index is 671. The number of nitrogens with zero attached hydrogens (tertiary/aromatic N) is 2. The van der Waals surface area contributed by atoms with Gasteiger partial charge in [-0.05, 0) is 33.3 Å². The zero-order valence-electron chi connectivity index (χ0n) is 15.0.